The van der Waals surface area contributed by atoms with E-state index in [0.717, 1.165) is 0 Å². The summed E-state index contributed by atoms with van der Waals surface area (Å²) in [5.41, 5.74) is -0.663. The molecule has 1 N–H and O–H groups in total. The highest BCUT2D eigenvalue weighted by Crippen LogP contribution is 2.13. The SMILES string of the molecule is CCOC(=O)C[C@@H](C[N+](=O)[O-])[C@H](C)NC(=O)OC(C)(C)C. The molecule has 122 valence electrons. The molecule has 0 saturated carbocycles. The summed E-state index contributed by atoms with van der Waals surface area (Å²) in [5.74, 6) is -1.19. The smallest absolute Gasteiger partial charge is 0.407 e. The van der Waals surface area contributed by atoms with E-state index in [4.69, 9.17) is 9.47 Å². The standard InChI is InChI=1S/C13H24N2O6/c1-6-20-11(16)7-10(8-15(18)19)9(2)14-12(17)21-13(3,4)5/h9-10H,6-8H2,1-5H3,(H,14,17)/t9-,10-/m0/s1. The molecule has 2 atom stereocenters. The lowest BCUT2D eigenvalue weighted by Crippen LogP contribution is -2.44. The second-order valence-corrected chi connectivity index (χ2v) is 5.72. The first-order valence-electron chi connectivity index (χ1n) is 6.82. The van der Waals surface area contributed by atoms with Gasteiger partial charge in [0.15, 0.2) is 0 Å². The van der Waals surface area contributed by atoms with Gasteiger partial charge in [0.05, 0.1) is 18.9 Å². The zero-order valence-electron chi connectivity index (χ0n) is 13.2. The number of hydrogen-bond donors (Lipinski definition) is 1. The molecule has 8 nitrogen and oxygen atoms in total. The van der Waals surface area contributed by atoms with Gasteiger partial charge in [0.25, 0.3) is 0 Å². The van der Waals surface area contributed by atoms with Gasteiger partial charge >= 0.3 is 12.1 Å². The Balaban J connectivity index is 4.63. The molecule has 0 bridgehead atoms. The third kappa shape index (κ3) is 9.64. The Labute approximate surface area is 124 Å². The molecule has 0 aliphatic carbocycles. The van der Waals surface area contributed by atoms with Crippen molar-refractivity contribution in [1.29, 1.82) is 0 Å². The molecule has 0 aliphatic rings. The van der Waals surface area contributed by atoms with Crippen molar-refractivity contribution in [2.45, 2.75) is 52.7 Å². The van der Waals surface area contributed by atoms with Crippen LogP contribution in [0.3, 0.4) is 0 Å². The molecule has 1 amide bonds. The lowest BCUT2D eigenvalue weighted by Gasteiger charge is -2.24. The lowest BCUT2D eigenvalue weighted by atomic mass is 9.97. The summed E-state index contributed by atoms with van der Waals surface area (Å²) < 4.78 is 9.86. The number of nitrogens with zero attached hydrogens (tertiary/aromatic N) is 1. The van der Waals surface area contributed by atoms with E-state index < -0.39 is 41.1 Å². The molecule has 0 spiro atoms. The van der Waals surface area contributed by atoms with E-state index in [1.807, 2.05) is 0 Å². The van der Waals surface area contributed by atoms with Crippen LogP contribution in [-0.2, 0) is 14.3 Å². The predicted molar refractivity (Wildman–Crippen MR) is 75.4 cm³/mol. The van der Waals surface area contributed by atoms with Crippen molar-refractivity contribution < 1.29 is 24.0 Å². The lowest BCUT2D eigenvalue weighted by molar-refractivity contribution is -0.488. The van der Waals surface area contributed by atoms with Crippen molar-refractivity contribution in [3.8, 4) is 0 Å². The second kappa shape index (κ2) is 8.43. The molecule has 0 rings (SSSR count). The first-order chi connectivity index (χ1) is 9.55. The minimum Gasteiger partial charge on any atom is -0.466 e. The molecule has 21 heavy (non-hydrogen) atoms. The Morgan fingerprint density at radius 1 is 1.33 bits per heavy atom. The molecular formula is C13H24N2O6. The number of carbonyl (C=O) groups is 2. The van der Waals surface area contributed by atoms with Crippen LogP contribution in [0.25, 0.3) is 0 Å². The molecule has 8 heteroatoms. The van der Waals surface area contributed by atoms with E-state index in [1.54, 1.807) is 34.6 Å². The normalized spacial score (nSPS) is 14.0. The molecule has 0 aliphatic heterocycles. The highest BCUT2D eigenvalue weighted by atomic mass is 16.6. The van der Waals surface area contributed by atoms with E-state index >= 15 is 0 Å². The van der Waals surface area contributed by atoms with E-state index in [1.165, 1.54) is 0 Å². The molecule has 0 aromatic carbocycles. The van der Waals surface area contributed by atoms with Crippen LogP contribution in [0.4, 0.5) is 4.79 Å². The van der Waals surface area contributed by atoms with Crippen molar-refractivity contribution in [3.63, 3.8) is 0 Å². The molecule has 0 saturated heterocycles. The Morgan fingerprint density at radius 3 is 2.33 bits per heavy atom. The average Bonchev–Trinajstić information content (AvgIpc) is 2.24. The van der Waals surface area contributed by atoms with Crippen LogP contribution in [0, 0.1) is 16.0 Å². The second-order valence-electron chi connectivity index (χ2n) is 5.72. The van der Waals surface area contributed by atoms with Gasteiger partial charge in [-0.3, -0.25) is 14.9 Å². The van der Waals surface area contributed by atoms with Gasteiger partial charge in [-0.25, -0.2) is 4.79 Å². The number of nitro groups is 1. The third-order valence-corrected chi connectivity index (χ3v) is 2.57. The van der Waals surface area contributed by atoms with Crippen molar-refractivity contribution in [2.75, 3.05) is 13.2 Å². The molecule has 0 unspecified atom stereocenters. The minimum absolute atomic E-state index is 0.133. The molecule has 0 fully saturated rings. The number of ether oxygens (including phenoxy) is 2. The van der Waals surface area contributed by atoms with Gasteiger partial charge in [-0.1, -0.05) is 0 Å². The Morgan fingerprint density at radius 2 is 1.90 bits per heavy atom. The van der Waals surface area contributed by atoms with Gasteiger partial charge in [0.2, 0.25) is 6.54 Å². The summed E-state index contributed by atoms with van der Waals surface area (Å²) in [6.45, 7) is 8.16. The fourth-order valence-electron chi connectivity index (χ4n) is 1.64. The highest BCUT2D eigenvalue weighted by molar-refractivity contribution is 5.70. The number of alkyl carbamates (subject to hydrolysis) is 1. The quantitative estimate of drug-likeness (QED) is 0.436. The fraction of sp³-hybridized carbons (Fsp3) is 0.846. The van der Waals surface area contributed by atoms with Gasteiger partial charge in [0, 0.05) is 11.0 Å². The van der Waals surface area contributed by atoms with Crippen molar-refractivity contribution in [2.24, 2.45) is 5.92 Å². The van der Waals surface area contributed by atoms with E-state index in [2.05, 4.69) is 5.32 Å². The zero-order chi connectivity index (χ0) is 16.6. The fourth-order valence-corrected chi connectivity index (χ4v) is 1.64. The summed E-state index contributed by atoms with van der Waals surface area (Å²) in [6.07, 6.45) is -0.807. The summed E-state index contributed by atoms with van der Waals surface area (Å²) in [7, 11) is 0. The summed E-state index contributed by atoms with van der Waals surface area (Å²) in [6, 6.07) is -0.588. The zero-order valence-corrected chi connectivity index (χ0v) is 13.2. The highest BCUT2D eigenvalue weighted by Gasteiger charge is 2.28. The van der Waals surface area contributed by atoms with Crippen molar-refractivity contribution in [1.82, 2.24) is 5.32 Å². The number of rotatable bonds is 7. The number of nitrogens with one attached hydrogen (secondary N) is 1. The predicted octanol–water partition coefficient (Wildman–Crippen LogP) is 1.75. The Hall–Kier alpha value is -1.86. The van der Waals surface area contributed by atoms with Crippen molar-refractivity contribution in [3.05, 3.63) is 10.1 Å². The van der Waals surface area contributed by atoms with Gasteiger partial charge in [-0.05, 0) is 34.6 Å². The van der Waals surface area contributed by atoms with Crippen LogP contribution in [0.5, 0.6) is 0 Å². The van der Waals surface area contributed by atoms with Gasteiger partial charge < -0.3 is 14.8 Å². The molecule has 0 aromatic heterocycles. The number of amides is 1. The van der Waals surface area contributed by atoms with Crippen LogP contribution in [0.2, 0.25) is 0 Å². The van der Waals surface area contributed by atoms with Crippen LogP contribution in [0.1, 0.15) is 41.0 Å². The van der Waals surface area contributed by atoms with Gasteiger partial charge in [-0.15, -0.1) is 0 Å². The summed E-state index contributed by atoms with van der Waals surface area (Å²) >= 11 is 0. The maximum absolute atomic E-state index is 11.7. The Kier molecular flexibility index (Phi) is 7.69. The van der Waals surface area contributed by atoms with Crippen LogP contribution in [0.15, 0.2) is 0 Å². The molecular weight excluding hydrogens is 280 g/mol. The average molecular weight is 304 g/mol. The van der Waals surface area contributed by atoms with Gasteiger partial charge in [-0.2, -0.15) is 0 Å². The minimum atomic E-state index is -0.674. The number of esters is 1. The largest absolute Gasteiger partial charge is 0.466 e. The van der Waals surface area contributed by atoms with Crippen molar-refractivity contribution >= 4 is 12.1 Å². The van der Waals surface area contributed by atoms with Crippen LogP contribution in [-0.4, -0.2) is 41.8 Å². The van der Waals surface area contributed by atoms with E-state index in [0.29, 0.717) is 0 Å². The number of hydrogen-bond acceptors (Lipinski definition) is 6. The first kappa shape index (κ1) is 19.1. The monoisotopic (exact) mass is 304 g/mol. The maximum Gasteiger partial charge on any atom is 0.407 e. The van der Waals surface area contributed by atoms with E-state index in [-0.39, 0.29) is 13.0 Å². The van der Waals surface area contributed by atoms with E-state index in [9.17, 15) is 19.7 Å². The molecule has 0 heterocycles. The molecule has 0 radical (unpaired) electrons. The van der Waals surface area contributed by atoms with Crippen LogP contribution < -0.4 is 5.32 Å². The maximum atomic E-state index is 11.7. The summed E-state index contributed by atoms with van der Waals surface area (Å²) in [5, 5.41) is 13.2. The Bertz CT molecular complexity index is 377. The third-order valence-electron chi connectivity index (χ3n) is 2.57. The van der Waals surface area contributed by atoms with Gasteiger partial charge in [0.1, 0.15) is 5.60 Å². The molecule has 0 aromatic rings. The topological polar surface area (TPSA) is 108 Å². The first-order valence-corrected chi connectivity index (χ1v) is 6.82. The summed E-state index contributed by atoms with van der Waals surface area (Å²) in [4.78, 5) is 33.3. The van der Waals surface area contributed by atoms with Crippen LogP contribution >= 0.6 is 0 Å². The number of carbonyl (C=O) groups excluding carboxylic acids is 2.